The highest BCUT2D eigenvalue weighted by Gasteiger charge is 2.41. The van der Waals surface area contributed by atoms with Crippen molar-refractivity contribution < 1.29 is 4.74 Å². The van der Waals surface area contributed by atoms with Gasteiger partial charge in [0.2, 0.25) is 0 Å². The van der Waals surface area contributed by atoms with Gasteiger partial charge in [-0.2, -0.15) is 0 Å². The number of unbranched alkanes of at least 4 members (excludes halogenated alkanes) is 2. The second-order valence-corrected chi connectivity index (χ2v) is 10.7. The average Bonchev–Trinajstić information content (AvgIpc) is 2.49. The third-order valence-electron chi connectivity index (χ3n) is 5.94. The molecule has 1 aliphatic carbocycles. The van der Waals surface area contributed by atoms with Gasteiger partial charge in [0.1, 0.15) is 0 Å². The molecular weight excluding hydrogens is 260 g/mol. The molecule has 0 spiro atoms. The first-order valence-electron chi connectivity index (χ1n) is 9.44. The van der Waals surface area contributed by atoms with Crippen LogP contribution >= 0.6 is 0 Å². The van der Waals surface area contributed by atoms with E-state index in [1.165, 1.54) is 64.2 Å². The van der Waals surface area contributed by atoms with Crippen LogP contribution in [0.25, 0.3) is 0 Å². The molecule has 1 saturated carbocycles. The normalized spacial score (nSPS) is 30.3. The molecule has 2 rings (SSSR count). The minimum Gasteiger partial charge on any atom is -0.375 e. The Kier molecular flexibility index (Phi) is 7.10. The van der Waals surface area contributed by atoms with Gasteiger partial charge in [-0.1, -0.05) is 76.4 Å². The van der Waals surface area contributed by atoms with E-state index in [2.05, 4.69) is 13.8 Å². The smallest absolute Gasteiger partial charge is 0.0710 e. The predicted molar refractivity (Wildman–Crippen MR) is 91.3 cm³/mol. The molecule has 0 unspecified atom stereocenters. The summed E-state index contributed by atoms with van der Waals surface area (Å²) in [4.78, 5) is 0. The molecule has 1 heterocycles. The van der Waals surface area contributed by atoms with Crippen LogP contribution in [0.2, 0.25) is 18.1 Å². The summed E-state index contributed by atoms with van der Waals surface area (Å²) in [6.07, 6.45) is 14.4. The van der Waals surface area contributed by atoms with E-state index in [1.807, 2.05) is 0 Å². The molecule has 0 atom stereocenters. The highest BCUT2D eigenvalue weighted by Crippen LogP contribution is 2.45. The molecule has 0 amide bonds. The van der Waals surface area contributed by atoms with Crippen LogP contribution in [0.4, 0.5) is 0 Å². The second-order valence-electron chi connectivity index (χ2n) is 7.27. The lowest BCUT2D eigenvalue weighted by atomic mass is 9.73. The number of hydrogen-bond acceptors (Lipinski definition) is 1. The average molecular weight is 297 g/mol. The van der Waals surface area contributed by atoms with Gasteiger partial charge in [-0.15, -0.1) is 0 Å². The number of ether oxygens (including phenoxy) is 1. The molecule has 20 heavy (non-hydrogen) atoms. The monoisotopic (exact) mass is 296 g/mol. The summed E-state index contributed by atoms with van der Waals surface area (Å²) < 4.78 is 6.36. The zero-order chi connectivity index (χ0) is 14.3. The van der Waals surface area contributed by atoms with Crippen molar-refractivity contribution in [2.45, 2.75) is 102 Å². The Labute approximate surface area is 128 Å². The Balaban J connectivity index is 1.81. The van der Waals surface area contributed by atoms with Gasteiger partial charge in [0, 0.05) is 15.4 Å². The van der Waals surface area contributed by atoms with Crippen LogP contribution in [-0.2, 0) is 4.74 Å². The minimum atomic E-state index is -0.357. The molecule has 118 valence electrons. The van der Waals surface area contributed by atoms with Crippen LogP contribution in [-0.4, -0.2) is 21.0 Å². The standard InChI is InChI=1S/C18H36OSi/c1-3-5-9-14-20-15-10-17(11-16-20)18(19-4-2)12-7-6-8-13-18/h17,20H,3-16H2,1-2H3. The van der Waals surface area contributed by atoms with Crippen molar-refractivity contribution in [2.24, 2.45) is 5.92 Å². The van der Waals surface area contributed by atoms with Crippen LogP contribution in [0.5, 0.6) is 0 Å². The van der Waals surface area contributed by atoms with E-state index < -0.39 is 0 Å². The number of hydrogen-bond donors (Lipinski definition) is 0. The largest absolute Gasteiger partial charge is 0.375 e. The maximum absolute atomic E-state index is 6.36. The zero-order valence-electron chi connectivity index (χ0n) is 14.0. The SMILES string of the molecule is CCCCC[SiH]1CCC(C2(OCC)CCCCC2)CC1. The quantitative estimate of drug-likeness (QED) is 0.442. The van der Waals surface area contributed by atoms with Gasteiger partial charge in [-0.05, 0) is 25.7 Å². The third kappa shape index (κ3) is 4.33. The summed E-state index contributed by atoms with van der Waals surface area (Å²) in [5.41, 5.74) is 0.301. The van der Waals surface area contributed by atoms with E-state index in [9.17, 15) is 0 Å². The third-order valence-corrected chi connectivity index (χ3v) is 9.46. The summed E-state index contributed by atoms with van der Waals surface area (Å²) in [6, 6.07) is 4.86. The molecule has 1 aliphatic heterocycles. The molecule has 0 aromatic carbocycles. The van der Waals surface area contributed by atoms with Crippen LogP contribution in [0.15, 0.2) is 0 Å². The second kappa shape index (κ2) is 8.58. The van der Waals surface area contributed by atoms with Gasteiger partial charge < -0.3 is 4.74 Å². The van der Waals surface area contributed by atoms with E-state index in [1.54, 1.807) is 18.1 Å². The Morgan fingerprint density at radius 1 is 1.00 bits per heavy atom. The van der Waals surface area contributed by atoms with Crippen LogP contribution in [0, 0.1) is 5.92 Å². The van der Waals surface area contributed by atoms with E-state index in [4.69, 9.17) is 4.74 Å². The zero-order valence-corrected chi connectivity index (χ0v) is 15.1. The Hall–Kier alpha value is 0.177. The molecule has 0 radical (unpaired) electrons. The molecule has 0 aromatic rings. The summed E-state index contributed by atoms with van der Waals surface area (Å²) in [7, 11) is -0.357. The van der Waals surface area contributed by atoms with Gasteiger partial charge in [-0.3, -0.25) is 0 Å². The Morgan fingerprint density at radius 3 is 2.30 bits per heavy atom. The van der Waals surface area contributed by atoms with Gasteiger partial charge >= 0.3 is 0 Å². The maximum atomic E-state index is 6.36. The van der Waals surface area contributed by atoms with Crippen molar-refractivity contribution in [3.63, 3.8) is 0 Å². The minimum absolute atomic E-state index is 0.301. The van der Waals surface area contributed by atoms with E-state index in [0.717, 1.165) is 12.5 Å². The first-order chi connectivity index (χ1) is 9.80. The molecule has 0 bridgehead atoms. The molecule has 0 N–H and O–H groups in total. The maximum Gasteiger partial charge on any atom is 0.0710 e. The highest BCUT2D eigenvalue weighted by molar-refractivity contribution is 6.58. The van der Waals surface area contributed by atoms with Crippen molar-refractivity contribution in [1.82, 2.24) is 0 Å². The molecule has 1 nitrogen and oxygen atoms in total. The van der Waals surface area contributed by atoms with Crippen LogP contribution in [0.1, 0.15) is 78.1 Å². The fourth-order valence-electron chi connectivity index (χ4n) is 4.77. The van der Waals surface area contributed by atoms with E-state index in [0.29, 0.717) is 5.60 Å². The first-order valence-corrected chi connectivity index (χ1v) is 11.9. The summed E-state index contributed by atoms with van der Waals surface area (Å²) >= 11 is 0. The van der Waals surface area contributed by atoms with Gasteiger partial charge in [0.05, 0.1) is 5.60 Å². The van der Waals surface area contributed by atoms with Crippen molar-refractivity contribution >= 4 is 8.80 Å². The van der Waals surface area contributed by atoms with E-state index >= 15 is 0 Å². The molecular formula is C18H36OSi. The fourth-order valence-corrected chi connectivity index (χ4v) is 8.25. The van der Waals surface area contributed by atoms with Crippen molar-refractivity contribution in [3.8, 4) is 0 Å². The van der Waals surface area contributed by atoms with Gasteiger partial charge in [0.15, 0.2) is 0 Å². The Bertz CT molecular complexity index is 247. The Morgan fingerprint density at radius 2 is 1.70 bits per heavy atom. The summed E-state index contributed by atoms with van der Waals surface area (Å²) in [6.45, 7) is 5.45. The lowest BCUT2D eigenvalue weighted by molar-refractivity contribution is -0.108. The van der Waals surface area contributed by atoms with Gasteiger partial charge in [-0.25, -0.2) is 0 Å². The summed E-state index contributed by atoms with van der Waals surface area (Å²) in [5.74, 6) is 0.901. The molecule has 0 aromatic heterocycles. The van der Waals surface area contributed by atoms with E-state index in [-0.39, 0.29) is 8.80 Å². The molecule has 2 aliphatic rings. The first kappa shape index (κ1) is 16.5. The van der Waals surface area contributed by atoms with Gasteiger partial charge in [0.25, 0.3) is 0 Å². The fraction of sp³-hybridized carbons (Fsp3) is 1.00. The van der Waals surface area contributed by atoms with Crippen LogP contribution in [0.3, 0.4) is 0 Å². The lowest BCUT2D eigenvalue weighted by Gasteiger charge is -2.46. The summed E-state index contributed by atoms with van der Waals surface area (Å²) in [5, 5.41) is 0. The molecule has 2 heteroatoms. The lowest BCUT2D eigenvalue weighted by Crippen LogP contribution is -2.45. The number of rotatable bonds is 7. The highest BCUT2D eigenvalue weighted by atomic mass is 28.3. The topological polar surface area (TPSA) is 9.23 Å². The van der Waals surface area contributed by atoms with Crippen molar-refractivity contribution in [2.75, 3.05) is 6.61 Å². The molecule has 2 fully saturated rings. The predicted octanol–water partition coefficient (Wildman–Crippen LogP) is 5.55. The van der Waals surface area contributed by atoms with Crippen molar-refractivity contribution in [1.29, 1.82) is 0 Å². The molecule has 1 saturated heterocycles. The van der Waals surface area contributed by atoms with Crippen molar-refractivity contribution in [3.05, 3.63) is 0 Å². The van der Waals surface area contributed by atoms with Crippen LogP contribution < -0.4 is 0 Å².